The minimum absolute atomic E-state index is 0.197. The van der Waals surface area contributed by atoms with E-state index in [2.05, 4.69) is 0 Å². The minimum Gasteiger partial charge on any atom is -0.466 e. The molecular weight excluding hydrogens is 334 g/mol. The first-order valence-electron chi connectivity index (χ1n) is 7.85. The van der Waals surface area contributed by atoms with Gasteiger partial charge in [0.2, 0.25) is 0 Å². The first-order chi connectivity index (χ1) is 11.4. The van der Waals surface area contributed by atoms with Gasteiger partial charge in [0.15, 0.2) is 0 Å². The second-order valence-electron chi connectivity index (χ2n) is 5.71. The Morgan fingerprint density at radius 1 is 1.29 bits per heavy atom. The van der Waals surface area contributed by atoms with Crippen molar-refractivity contribution in [2.45, 2.75) is 32.2 Å². The number of nitrogens with zero attached hydrogens (tertiary/aromatic N) is 1. The lowest BCUT2D eigenvalue weighted by molar-refractivity contribution is -0.146. The summed E-state index contributed by atoms with van der Waals surface area (Å²) in [5.41, 5.74) is 0.787. The predicted molar refractivity (Wildman–Crippen MR) is 87.9 cm³/mol. The number of rotatable bonds is 5. The Kier molecular flexibility index (Phi) is 6.20. The molecule has 0 spiro atoms. The van der Waals surface area contributed by atoms with Crippen LogP contribution in [0.25, 0.3) is 0 Å². The second kappa shape index (κ2) is 8.15. The fourth-order valence-electron chi connectivity index (χ4n) is 2.99. The second-order valence-corrected chi connectivity index (χ2v) is 6.15. The van der Waals surface area contributed by atoms with Crippen molar-refractivity contribution in [3.63, 3.8) is 0 Å². The zero-order valence-corrected chi connectivity index (χ0v) is 14.2. The van der Waals surface area contributed by atoms with Crippen LogP contribution in [0.1, 0.15) is 37.8 Å². The highest BCUT2D eigenvalue weighted by molar-refractivity contribution is 6.30. The number of amides is 1. The third kappa shape index (κ3) is 4.47. The normalized spacial score (nSPS) is 20.5. The molecule has 1 amide bonds. The highest BCUT2D eigenvalue weighted by Crippen LogP contribution is 2.35. The van der Waals surface area contributed by atoms with Crippen molar-refractivity contribution in [1.82, 2.24) is 4.90 Å². The summed E-state index contributed by atoms with van der Waals surface area (Å²) < 4.78 is 4.81. The molecule has 1 N–H and O–H groups in total. The SMILES string of the molecule is CCOC(=O)CC(=O)C1CCN(C(=O)O)C(c2ccc(Cl)cc2)C1. The van der Waals surface area contributed by atoms with Gasteiger partial charge >= 0.3 is 12.1 Å². The molecule has 7 heteroatoms. The van der Waals surface area contributed by atoms with Crippen molar-refractivity contribution in [2.24, 2.45) is 5.92 Å². The Morgan fingerprint density at radius 3 is 2.54 bits per heavy atom. The van der Waals surface area contributed by atoms with Gasteiger partial charge in [-0.25, -0.2) is 4.79 Å². The zero-order chi connectivity index (χ0) is 17.7. The number of ketones is 1. The van der Waals surface area contributed by atoms with E-state index in [1.165, 1.54) is 4.90 Å². The van der Waals surface area contributed by atoms with E-state index in [0.29, 0.717) is 17.9 Å². The fourth-order valence-corrected chi connectivity index (χ4v) is 3.11. The van der Waals surface area contributed by atoms with Gasteiger partial charge in [-0.3, -0.25) is 9.59 Å². The van der Waals surface area contributed by atoms with Crippen molar-refractivity contribution in [2.75, 3.05) is 13.2 Å². The Hall–Kier alpha value is -2.08. The van der Waals surface area contributed by atoms with Crippen LogP contribution in [0.3, 0.4) is 0 Å². The molecule has 1 aromatic carbocycles. The smallest absolute Gasteiger partial charge is 0.407 e. The maximum Gasteiger partial charge on any atom is 0.407 e. The summed E-state index contributed by atoms with van der Waals surface area (Å²) in [4.78, 5) is 36.6. The summed E-state index contributed by atoms with van der Waals surface area (Å²) in [6.45, 7) is 2.17. The van der Waals surface area contributed by atoms with Crippen LogP contribution >= 0.6 is 11.6 Å². The van der Waals surface area contributed by atoms with E-state index < -0.39 is 18.1 Å². The maximum atomic E-state index is 12.3. The number of esters is 1. The summed E-state index contributed by atoms with van der Waals surface area (Å²) in [5, 5.41) is 9.97. The van der Waals surface area contributed by atoms with Crippen molar-refractivity contribution in [1.29, 1.82) is 0 Å². The zero-order valence-electron chi connectivity index (χ0n) is 13.4. The average molecular weight is 354 g/mol. The van der Waals surface area contributed by atoms with Gasteiger partial charge in [-0.05, 0) is 37.5 Å². The van der Waals surface area contributed by atoms with Gasteiger partial charge in [-0.1, -0.05) is 23.7 Å². The molecule has 24 heavy (non-hydrogen) atoms. The molecule has 0 bridgehead atoms. The molecule has 0 aliphatic carbocycles. The number of ether oxygens (including phenoxy) is 1. The monoisotopic (exact) mass is 353 g/mol. The van der Waals surface area contributed by atoms with Crippen molar-refractivity contribution >= 4 is 29.4 Å². The largest absolute Gasteiger partial charge is 0.466 e. The van der Waals surface area contributed by atoms with Gasteiger partial charge < -0.3 is 14.7 Å². The van der Waals surface area contributed by atoms with E-state index in [9.17, 15) is 19.5 Å². The van der Waals surface area contributed by atoms with E-state index >= 15 is 0 Å². The first kappa shape index (κ1) is 18.3. The number of carbonyl (C=O) groups is 3. The van der Waals surface area contributed by atoms with Gasteiger partial charge in [0.25, 0.3) is 0 Å². The van der Waals surface area contributed by atoms with E-state index in [1.807, 2.05) is 0 Å². The molecule has 0 radical (unpaired) electrons. The summed E-state index contributed by atoms with van der Waals surface area (Å²) in [6, 6.07) is 6.49. The standard InChI is InChI=1S/C17H20ClNO5/c1-2-24-16(21)10-15(20)12-7-8-19(17(22)23)14(9-12)11-3-5-13(18)6-4-11/h3-6,12,14H,2,7-10H2,1H3,(H,22,23). The van der Waals surface area contributed by atoms with Crippen LogP contribution in [0.4, 0.5) is 4.79 Å². The summed E-state index contributed by atoms with van der Waals surface area (Å²) in [7, 11) is 0. The lowest BCUT2D eigenvalue weighted by atomic mass is 9.84. The third-order valence-corrected chi connectivity index (χ3v) is 4.43. The fraction of sp³-hybridized carbons (Fsp3) is 0.471. The number of Topliss-reactive ketones (excluding diaryl/α,β-unsaturated/α-hetero) is 1. The topological polar surface area (TPSA) is 83.9 Å². The number of carboxylic acid groups (broad SMARTS) is 1. The van der Waals surface area contributed by atoms with Crippen LogP contribution < -0.4 is 0 Å². The molecule has 1 heterocycles. The third-order valence-electron chi connectivity index (χ3n) is 4.18. The number of halogens is 1. The molecule has 1 aliphatic rings. The molecule has 2 unspecified atom stereocenters. The summed E-state index contributed by atoms with van der Waals surface area (Å²) >= 11 is 5.88. The van der Waals surface area contributed by atoms with E-state index in [-0.39, 0.29) is 31.3 Å². The molecule has 1 aromatic rings. The molecule has 0 saturated carbocycles. The highest BCUT2D eigenvalue weighted by Gasteiger charge is 2.36. The van der Waals surface area contributed by atoms with Gasteiger partial charge in [-0.2, -0.15) is 0 Å². The Bertz CT molecular complexity index is 616. The van der Waals surface area contributed by atoms with E-state index in [1.54, 1.807) is 31.2 Å². The highest BCUT2D eigenvalue weighted by atomic mass is 35.5. The maximum absolute atomic E-state index is 12.3. The van der Waals surface area contributed by atoms with Crippen LogP contribution in [-0.2, 0) is 14.3 Å². The van der Waals surface area contributed by atoms with Crippen molar-refractivity contribution < 1.29 is 24.2 Å². The van der Waals surface area contributed by atoms with Crippen molar-refractivity contribution in [3.05, 3.63) is 34.9 Å². The van der Waals surface area contributed by atoms with Gasteiger partial charge in [0.05, 0.1) is 12.6 Å². The van der Waals surface area contributed by atoms with Crippen LogP contribution in [0.15, 0.2) is 24.3 Å². The lowest BCUT2D eigenvalue weighted by Gasteiger charge is -2.37. The summed E-state index contributed by atoms with van der Waals surface area (Å²) in [6.07, 6.45) is -0.522. The van der Waals surface area contributed by atoms with Crippen molar-refractivity contribution in [3.8, 4) is 0 Å². The number of hydrogen-bond acceptors (Lipinski definition) is 4. The molecule has 2 rings (SSSR count). The van der Waals surface area contributed by atoms with Crippen LogP contribution in [0.2, 0.25) is 5.02 Å². The van der Waals surface area contributed by atoms with Crippen LogP contribution in [0, 0.1) is 5.92 Å². The number of hydrogen-bond donors (Lipinski definition) is 1. The molecule has 130 valence electrons. The lowest BCUT2D eigenvalue weighted by Crippen LogP contribution is -2.42. The van der Waals surface area contributed by atoms with E-state index in [0.717, 1.165) is 5.56 Å². The number of benzene rings is 1. The average Bonchev–Trinajstić information content (AvgIpc) is 2.55. The molecule has 1 aliphatic heterocycles. The number of likely N-dealkylation sites (tertiary alicyclic amines) is 1. The number of carbonyl (C=O) groups excluding carboxylic acids is 2. The quantitative estimate of drug-likeness (QED) is 0.648. The molecule has 0 aromatic heterocycles. The summed E-state index contributed by atoms with van der Waals surface area (Å²) in [5.74, 6) is -1.09. The predicted octanol–water partition coefficient (Wildman–Crippen LogP) is 3.29. The molecule has 1 saturated heterocycles. The Balaban J connectivity index is 2.13. The minimum atomic E-state index is -1.02. The Labute approximate surface area is 145 Å². The number of piperidine rings is 1. The molecule has 1 fully saturated rings. The molecule has 6 nitrogen and oxygen atoms in total. The van der Waals surface area contributed by atoms with Gasteiger partial charge in [-0.15, -0.1) is 0 Å². The van der Waals surface area contributed by atoms with E-state index in [4.69, 9.17) is 16.3 Å². The Morgan fingerprint density at radius 2 is 1.96 bits per heavy atom. The van der Waals surface area contributed by atoms with Crippen LogP contribution in [0.5, 0.6) is 0 Å². The van der Waals surface area contributed by atoms with Gasteiger partial charge in [0.1, 0.15) is 12.2 Å². The first-order valence-corrected chi connectivity index (χ1v) is 8.23. The molecular formula is C17H20ClNO5. The van der Waals surface area contributed by atoms with Crippen LogP contribution in [-0.4, -0.2) is 41.0 Å². The van der Waals surface area contributed by atoms with Gasteiger partial charge in [0, 0.05) is 17.5 Å². The molecule has 2 atom stereocenters.